The van der Waals surface area contributed by atoms with Gasteiger partial charge in [0, 0.05) is 19.2 Å². The van der Waals surface area contributed by atoms with Crippen molar-refractivity contribution in [3.63, 3.8) is 0 Å². The lowest BCUT2D eigenvalue weighted by Gasteiger charge is -2.43. The first kappa shape index (κ1) is 31.7. The van der Waals surface area contributed by atoms with Crippen LogP contribution in [-0.2, 0) is 36.8 Å². The van der Waals surface area contributed by atoms with Crippen LogP contribution < -0.4 is 32.1 Å². The highest BCUT2D eigenvalue weighted by Crippen LogP contribution is 2.57. The summed E-state index contributed by atoms with van der Waals surface area (Å²) >= 11 is 0. The predicted octanol–water partition coefficient (Wildman–Crippen LogP) is -6.66. The highest BCUT2D eigenvalue weighted by molar-refractivity contribution is 7.59. The maximum atomic E-state index is 12.3. The lowest BCUT2D eigenvalue weighted by molar-refractivity contribution is -0.471. The van der Waals surface area contributed by atoms with E-state index in [2.05, 4.69) is 24.4 Å². The molecule has 22 heteroatoms. The van der Waals surface area contributed by atoms with Gasteiger partial charge in [-0.3, -0.25) is 32.8 Å². The summed E-state index contributed by atoms with van der Waals surface area (Å²) in [7, 11) is -11.6. The predicted molar refractivity (Wildman–Crippen MR) is 117 cm³/mol. The molecule has 1 aromatic heterocycles. The topological polar surface area (TPSA) is 319 Å². The quantitative estimate of drug-likeness (QED) is 0.122. The number of phosphoric acid groups is 2. The molecule has 3 heterocycles. The normalized spacial score (nSPS) is 36.2. The first-order chi connectivity index (χ1) is 18.0. The first-order valence-electron chi connectivity index (χ1n) is 11.1. The van der Waals surface area contributed by atoms with Gasteiger partial charge in [0.2, 0.25) is 5.91 Å². The maximum absolute atomic E-state index is 12.3. The standard InChI is InChI=1S/C17H28N4O16P2/c1-6(23)19-11-10(18)12(25)7(4-22)35-16(11)36-39(31,32)37-38(29,30)33-5-8-13(26)14(27)15(34-8)21-3-2-9(24)20-17(21)28/h2-3,7-8,10-16,22,25-27H,4-5,18H2,1H3,(H,19,23)(H,29,30)(H,31,32)(H,20,24,28)/p-1/t7-,8-,10-,11-,12-,13-,14-,15-,16-/m1/s1. The van der Waals surface area contributed by atoms with E-state index in [-0.39, 0.29) is 0 Å². The number of carbonyl (C=O) groups is 1. The molecule has 2 fully saturated rings. The van der Waals surface area contributed by atoms with E-state index in [1.54, 1.807) is 0 Å². The Morgan fingerprint density at radius 3 is 2.41 bits per heavy atom. The number of amides is 1. The zero-order valence-corrected chi connectivity index (χ0v) is 21.8. The maximum Gasteiger partial charge on any atom is 0.330 e. The van der Waals surface area contributed by atoms with Gasteiger partial charge in [0.05, 0.1) is 13.2 Å². The highest BCUT2D eigenvalue weighted by atomic mass is 31.3. The number of nitrogens with zero attached hydrogens (tertiary/aromatic N) is 1. The molecular formula is C17H27N4O16P2-. The summed E-state index contributed by atoms with van der Waals surface area (Å²) in [5, 5.41) is 42.1. The van der Waals surface area contributed by atoms with Crippen molar-refractivity contribution in [1.82, 2.24) is 14.9 Å². The van der Waals surface area contributed by atoms with Gasteiger partial charge in [-0.25, -0.2) is 9.11 Å². The Morgan fingerprint density at radius 2 is 1.82 bits per heavy atom. The largest absolute Gasteiger partial charge is 0.756 e. The molecule has 3 rings (SSSR count). The van der Waals surface area contributed by atoms with Crippen LogP contribution >= 0.6 is 15.6 Å². The van der Waals surface area contributed by atoms with Gasteiger partial charge in [-0.15, -0.1) is 0 Å². The molecule has 2 aliphatic heterocycles. The third-order valence-corrected chi connectivity index (χ3v) is 8.26. The van der Waals surface area contributed by atoms with Crippen LogP contribution in [0.25, 0.3) is 0 Å². The number of ether oxygens (including phenoxy) is 2. The minimum absolute atomic E-state index is 0.709. The molecule has 2 unspecified atom stereocenters. The van der Waals surface area contributed by atoms with Crippen LogP contribution in [0.5, 0.6) is 0 Å². The lowest BCUT2D eigenvalue weighted by atomic mass is 9.95. The molecule has 1 amide bonds. The summed E-state index contributed by atoms with van der Waals surface area (Å²) in [6.45, 7) is -0.855. The van der Waals surface area contributed by atoms with E-state index in [0.29, 0.717) is 4.57 Å². The Morgan fingerprint density at radius 1 is 1.15 bits per heavy atom. The molecule has 0 radical (unpaired) electrons. The average molecular weight is 605 g/mol. The van der Waals surface area contributed by atoms with Crippen LogP contribution in [0.15, 0.2) is 21.9 Å². The van der Waals surface area contributed by atoms with E-state index >= 15 is 0 Å². The summed E-state index contributed by atoms with van der Waals surface area (Å²) in [4.78, 5) is 61.1. The minimum atomic E-state index is -5.86. The van der Waals surface area contributed by atoms with Crippen LogP contribution in [-0.4, -0.2) is 98.0 Å². The second-order valence-corrected chi connectivity index (χ2v) is 11.5. The number of H-pyrrole nitrogens is 1. The van der Waals surface area contributed by atoms with Crippen LogP contribution in [0.4, 0.5) is 0 Å². The van der Waals surface area contributed by atoms with E-state index in [9.17, 15) is 53.7 Å². The fourth-order valence-corrected chi connectivity index (χ4v) is 5.95. The van der Waals surface area contributed by atoms with Crippen LogP contribution in [0, 0.1) is 0 Å². The van der Waals surface area contributed by atoms with Gasteiger partial charge in [0.25, 0.3) is 21.2 Å². The lowest BCUT2D eigenvalue weighted by Crippen LogP contribution is -2.81. The van der Waals surface area contributed by atoms with Crippen molar-refractivity contribution < 1.29 is 72.7 Å². The van der Waals surface area contributed by atoms with E-state index in [0.717, 1.165) is 19.2 Å². The Balaban J connectivity index is 1.66. The summed E-state index contributed by atoms with van der Waals surface area (Å²) in [5.41, 5.74) is 1.82. The van der Waals surface area contributed by atoms with Crippen molar-refractivity contribution in [1.29, 1.82) is 0 Å². The van der Waals surface area contributed by atoms with E-state index in [1.165, 1.54) is 0 Å². The van der Waals surface area contributed by atoms with E-state index < -0.39 is 101 Å². The van der Waals surface area contributed by atoms with Crippen molar-refractivity contribution >= 4 is 21.6 Å². The fraction of sp³-hybridized carbons (Fsp3) is 0.706. The zero-order valence-electron chi connectivity index (χ0n) is 20.0. The average Bonchev–Trinajstić information content (AvgIpc) is 3.10. The Hall–Kier alpha value is -1.87. The monoisotopic (exact) mass is 605 g/mol. The van der Waals surface area contributed by atoms with E-state index in [4.69, 9.17) is 9.47 Å². The van der Waals surface area contributed by atoms with Crippen LogP contribution in [0.3, 0.4) is 0 Å². The number of aromatic amines is 1. The number of aliphatic hydroxyl groups is 4. The van der Waals surface area contributed by atoms with E-state index in [1.807, 2.05) is 4.98 Å². The van der Waals surface area contributed by atoms with Crippen LogP contribution in [0.1, 0.15) is 13.2 Å². The zero-order chi connectivity index (χ0) is 29.3. The molecule has 0 aliphatic carbocycles. The first-order valence-corrected chi connectivity index (χ1v) is 14.0. The molecule has 0 bridgehead atoms. The van der Waals surface area contributed by atoms with Crippen molar-refractivity contribution in [3.8, 4) is 0 Å². The molecule has 0 saturated carbocycles. The molecule has 222 valence electrons. The summed E-state index contributed by atoms with van der Waals surface area (Å²) < 4.78 is 48.7. The molecule has 0 spiro atoms. The van der Waals surface area contributed by atoms with Crippen LogP contribution in [0.2, 0.25) is 0 Å². The van der Waals surface area contributed by atoms with Crippen molar-refractivity contribution in [2.45, 2.75) is 62.0 Å². The molecule has 2 aliphatic rings. The van der Waals surface area contributed by atoms with Gasteiger partial charge in [0.15, 0.2) is 12.5 Å². The highest BCUT2D eigenvalue weighted by Gasteiger charge is 2.49. The van der Waals surface area contributed by atoms with Crippen molar-refractivity contribution in [2.75, 3.05) is 13.2 Å². The van der Waals surface area contributed by atoms with Gasteiger partial charge in [0.1, 0.15) is 42.6 Å². The molecular weight excluding hydrogens is 578 g/mol. The third-order valence-electron chi connectivity index (χ3n) is 5.73. The number of aliphatic hydroxyl groups excluding tert-OH is 4. The second-order valence-electron chi connectivity index (χ2n) is 8.55. The summed E-state index contributed by atoms with van der Waals surface area (Å²) in [6, 6.07) is -1.67. The smallest absolute Gasteiger partial charge is 0.330 e. The molecule has 0 aromatic carbocycles. The molecule has 9 N–H and O–H groups in total. The Bertz CT molecular complexity index is 1240. The molecule has 2 saturated heterocycles. The van der Waals surface area contributed by atoms with Gasteiger partial charge in [-0.05, 0) is 0 Å². The number of quaternary nitrogens is 1. The number of hydrogen-bond acceptors (Lipinski definition) is 16. The SMILES string of the molecule is CC(=O)N[C@H]1[C@@H](OP(=O)([O-])OP(=O)([O-])OC[C@H]2O[C@@H](n3ccc(=O)[nH]c3=O)[C@H](O)[C@@H]2O)O[C@H](CO)[C@@H](O)[C@@H]1[NH3+]. The third kappa shape index (κ3) is 7.66. The molecule has 1 aromatic rings. The molecule has 11 atom stereocenters. The Kier molecular flexibility index (Phi) is 10.0. The number of hydrogen-bond donors (Lipinski definition) is 7. The van der Waals surface area contributed by atoms with Crippen molar-refractivity contribution in [2.24, 2.45) is 0 Å². The van der Waals surface area contributed by atoms with Gasteiger partial charge in [-0.2, -0.15) is 0 Å². The van der Waals surface area contributed by atoms with Gasteiger partial charge < -0.3 is 55.3 Å². The number of aromatic nitrogens is 2. The van der Waals surface area contributed by atoms with Gasteiger partial charge in [-0.1, -0.05) is 0 Å². The molecule has 39 heavy (non-hydrogen) atoms. The summed E-state index contributed by atoms with van der Waals surface area (Å²) in [5.74, 6) is -0.709. The number of rotatable bonds is 10. The number of nitrogens with one attached hydrogen (secondary N) is 2. The number of carbonyl (C=O) groups excluding carboxylic acids is 1. The molecule has 20 nitrogen and oxygen atoms in total. The fourth-order valence-electron chi connectivity index (χ4n) is 3.86. The minimum Gasteiger partial charge on any atom is -0.756 e. The second kappa shape index (κ2) is 12.3. The number of phosphoric ester groups is 2. The Labute approximate surface area is 218 Å². The summed E-state index contributed by atoms with van der Waals surface area (Å²) in [6.07, 6.45) is -10.7. The van der Waals surface area contributed by atoms with Gasteiger partial charge >= 0.3 is 5.69 Å². The van der Waals surface area contributed by atoms with Crippen molar-refractivity contribution in [3.05, 3.63) is 33.1 Å².